The fraction of sp³-hybridized carbons (Fsp3) is 0.250. The molecule has 0 spiro atoms. The highest BCUT2D eigenvalue weighted by atomic mass is 79.9. The average molecular weight is 376 g/mol. The predicted molar refractivity (Wildman–Crippen MR) is 92.5 cm³/mol. The molecule has 1 aliphatic heterocycles. The summed E-state index contributed by atoms with van der Waals surface area (Å²) < 4.78 is 6.97. The van der Waals surface area contributed by atoms with Crippen molar-refractivity contribution in [2.45, 2.75) is 6.10 Å². The van der Waals surface area contributed by atoms with Crippen LogP contribution in [0.2, 0.25) is 0 Å². The summed E-state index contributed by atoms with van der Waals surface area (Å²) in [6.45, 7) is 2.38. The molecule has 4 rings (SSSR count). The molecular weight excluding hydrogens is 362 g/mol. The van der Waals surface area contributed by atoms with Crippen LogP contribution in [0.15, 0.2) is 46.5 Å². The number of rotatable bonds is 2. The van der Waals surface area contributed by atoms with Gasteiger partial charge in [0, 0.05) is 21.3 Å². The summed E-state index contributed by atoms with van der Waals surface area (Å²) in [5.41, 5.74) is 0.965. The molecule has 1 unspecified atom stereocenters. The average Bonchev–Trinajstić information content (AvgIpc) is 3.09. The highest BCUT2D eigenvalue weighted by Crippen LogP contribution is 2.31. The number of halogens is 1. The van der Waals surface area contributed by atoms with Crippen molar-refractivity contribution in [2.24, 2.45) is 0 Å². The van der Waals surface area contributed by atoms with E-state index in [1.54, 1.807) is 17.7 Å². The van der Waals surface area contributed by atoms with Crippen LogP contribution in [0.3, 0.4) is 0 Å². The van der Waals surface area contributed by atoms with Gasteiger partial charge in [-0.2, -0.15) is 0 Å². The third kappa shape index (κ3) is 2.62. The van der Waals surface area contributed by atoms with Gasteiger partial charge in [-0.15, -0.1) is 11.3 Å². The van der Waals surface area contributed by atoms with Crippen molar-refractivity contribution in [3.63, 3.8) is 0 Å². The largest absolute Gasteiger partial charge is 0.369 e. The third-order valence-electron chi connectivity index (χ3n) is 3.80. The molecule has 6 heteroatoms. The van der Waals surface area contributed by atoms with E-state index in [4.69, 9.17) is 4.74 Å². The lowest BCUT2D eigenvalue weighted by Crippen LogP contribution is -2.38. The lowest BCUT2D eigenvalue weighted by atomic mass is 10.2. The fourth-order valence-electron chi connectivity index (χ4n) is 2.76. The summed E-state index contributed by atoms with van der Waals surface area (Å²) in [6, 6.07) is 10.3. The molecule has 3 aromatic rings. The first-order valence-electron chi connectivity index (χ1n) is 7.11. The minimum Gasteiger partial charge on any atom is -0.369 e. The Hall–Kier alpha value is -1.50. The van der Waals surface area contributed by atoms with Crippen LogP contribution in [0.25, 0.3) is 10.9 Å². The molecule has 22 heavy (non-hydrogen) atoms. The van der Waals surface area contributed by atoms with Gasteiger partial charge in [0.25, 0.3) is 0 Å². The van der Waals surface area contributed by atoms with E-state index in [-0.39, 0.29) is 6.10 Å². The Morgan fingerprint density at radius 3 is 3.09 bits per heavy atom. The fourth-order valence-corrected chi connectivity index (χ4v) is 3.88. The number of thiophene rings is 1. The van der Waals surface area contributed by atoms with Crippen molar-refractivity contribution in [3.05, 3.63) is 51.4 Å². The summed E-state index contributed by atoms with van der Waals surface area (Å²) in [6.07, 6.45) is 1.76. The Balaban J connectivity index is 1.70. The van der Waals surface area contributed by atoms with Crippen molar-refractivity contribution in [2.75, 3.05) is 24.6 Å². The minimum atomic E-state index is 0.117. The maximum absolute atomic E-state index is 5.93. The van der Waals surface area contributed by atoms with Crippen LogP contribution >= 0.6 is 27.3 Å². The van der Waals surface area contributed by atoms with Gasteiger partial charge in [0.05, 0.1) is 18.7 Å². The summed E-state index contributed by atoms with van der Waals surface area (Å²) in [5.74, 6) is 0.983. The number of ether oxygens (including phenoxy) is 1. The van der Waals surface area contributed by atoms with Gasteiger partial charge in [-0.05, 0) is 29.6 Å². The first-order chi connectivity index (χ1) is 10.8. The van der Waals surface area contributed by atoms with Crippen LogP contribution < -0.4 is 4.90 Å². The second-order valence-corrected chi connectivity index (χ2v) is 7.07. The molecule has 4 nitrogen and oxygen atoms in total. The lowest BCUT2D eigenvalue weighted by molar-refractivity contribution is 0.0419. The predicted octanol–water partition coefficient (Wildman–Crippen LogP) is 4.03. The molecular formula is C16H14BrN3OS. The van der Waals surface area contributed by atoms with Crippen LogP contribution in [0.1, 0.15) is 11.0 Å². The first-order valence-corrected chi connectivity index (χ1v) is 8.79. The Kier molecular flexibility index (Phi) is 3.82. The molecule has 0 N–H and O–H groups in total. The van der Waals surface area contributed by atoms with E-state index in [1.165, 1.54) is 4.88 Å². The Morgan fingerprint density at radius 2 is 2.23 bits per heavy atom. The first kappa shape index (κ1) is 14.1. The number of hydrogen-bond acceptors (Lipinski definition) is 5. The van der Waals surface area contributed by atoms with E-state index >= 15 is 0 Å². The number of benzene rings is 1. The van der Waals surface area contributed by atoms with E-state index < -0.39 is 0 Å². The van der Waals surface area contributed by atoms with E-state index in [0.717, 1.165) is 34.3 Å². The van der Waals surface area contributed by atoms with Gasteiger partial charge in [-0.3, -0.25) is 0 Å². The zero-order valence-electron chi connectivity index (χ0n) is 11.8. The molecule has 1 aliphatic rings. The van der Waals surface area contributed by atoms with Gasteiger partial charge in [0.2, 0.25) is 0 Å². The second-order valence-electron chi connectivity index (χ2n) is 5.18. The normalized spacial score (nSPS) is 18.8. The van der Waals surface area contributed by atoms with Crippen molar-refractivity contribution in [1.82, 2.24) is 9.97 Å². The van der Waals surface area contributed by atoms with E-state index in [1.807, 2.05) is 12.1 Å². The third-order valence-corrected chi connectivity index (χ3v) is 5.26. The quantitative estimate of drug-likeness (QED) is 0.677. The summed E-state index contributed by atoms with van der Waals surface area (Å²) in [4.78, 5) is 12.5. The maximum atomic E-state index is 5.93. The number of hydrogen-bond donors (Lipinski definition) is 0. The van der Waals surface area contributed by atoms with Gasteiger partial charge in [0.1, 0.15) is 18.2 Å². The minimum absolute atomic E-state index is 0.117. The summed E-state index contributed by atoms with van der Waals surface area (Å²) >= 11 is 5.28. The van der Waals surface area contributed by atoms with Crippen LogP contribution in [-0.4, -0.2) is 29.7 Å². The Labute approximate surface area is 140 Å². The number of nitrogens with zero attached hydrogens (tertiary/aromatic N) is 3. The Morgan fingerprint density at radius 1 is 1.27 bits per heavy atom. The van der Waals surface area contributed by atoms with Crippen molar-refractivity contribution >= 4 is 44.0 Å². The summed E-state index contributed by atoms with van der Waals surface area (Å²) in [5, 5.41) is 3.16. The maximum Gasteiger partial charge on any atom is 0.140 e. The van der Waals surface area contributed by atoms with Crippen LogP contribution in [0, 0.1) is 0 Å². The zero-order chi connectivity index (χ0) is 14.9. The molecule has 0 amide bonds. The number of anilines is 1. The standard InChI is InChI=1S/C16H14BrN3OS/c17-11-3-4-13-12(8-11)16(19-10-18-13)20-5-6-21-14(9-20)15-2-1-7-22-15/h1-4,7-8,10,14H,5-6,9H2. The molecule has 1 aromatic carbocycles. The smallest absolute Gasteiger partial charge is 0.140 e. The van der Waals surface area contributed by atoms with Crippen LogP contribution in [-0.2, 0) is 4.74 Å². The molecule has 0 saturated carbocycles. The van der Waals surface area contributed by atoms with Crippen LogP contribution in [0.5, 0.6) is 0 Å². The topological polar surface area (TPSA) is 38.2 Å². The van der Waals surface area contributed by atoms with E-state index in [0.29, 0.717) is 6.61 Å². The molecule has 0 aliphatic carbocycles. The second kappa shape index (κ2) is 5.95. The molecule has 1 fully saturated rings. The molecule has 2 aromatic heterocycles. The van der Waals surface area contributed by atoms with Gasteiger partial charge < -0.3 is 9.64 Å². The highest BCUT2D eigenvalue weighted by molar-refractivity contribution is 9.10. The van der Waals surface area contributed by atoms with E-state index in [2.05, 4.69) is 54.4 Å². The molecule has 1 atom stereocenters. The monoisotopic (exact) mass is 375 g/mol. The Bertz CT molecular complexity index is 793. The van der Waals surface area contributed by atoms with Crippen LogP contribution in [0.4, 0.5) is 5.82 Å². The van der Waals surface area contributed by atoms with E-state index in [9.17, 15) is 0 Å². The van der Waals surface area contributed by atoms with Crippen molar-refractivity contribution < 1.29 is 4.74 Å². The summed E-state index contributed by atoms with van der Waals surface area (Å²) in [7, 11) is 0. The van der Waals surface area contributed by atoms with Crippen molar-refractivity contribution in [3.8, 4) is 0 Å². The molecule has 0 bridgehead atoms. The van der Waals surface area contributed by atoms with Gasteiger partial charge in [-0.1, -0.05) is 22.0 Å². The van der Waals surface area contributed by atoms with Gasteiger partial charge >= 0.3 is 0 Å². The molecule has 112 valence electrons. The highest BCUT2D eigenvalue weighted by Gasteiger charge is 2.24. The van der Waals surface area contributed by atoms with Crippen molar-refractivity contribution in [1.29, 1.82) is 0 Å². The molecule has 0 radical (unpaired) electrons. The van der Waals surface area contributed by atoms with Gasteiger partial charge in [-0.25, -0.2) is 9.97 Å². The van der Waals surface area contributed by atoms with Gasteiger partial charge in [0.15, 0.2) is 0 Å². The number of aromatic nitrogens is 2. The number of morpholine rings is 1. The lowest BCUT2D eigenvalue weighted by Gasteiger charge is -2.33. The molecule has 3 heterocycles. The zero-order valence-corrected chi connectivity index (χ0v) is 14.2. The SMILES string of the molecule is Brc1ccc2ncnc(N3CCOC(c4cccs4)C3)c2c1. The number of fused-ring (bicyclic) bond motifs is 1. The molecule has 1 saturated heterocycles.